The first-order valence-corrected chi connectivity index (χ1v) is 14.6. The van der Waals surface area contributed by atoms with Crippen LogP contribution in [0.4, 0.5) is 16.4 Å². The lowest BCUT2D eigenvalue weighted by atomic mass is 9.72. The minimum Gasteiger partial charge on any atom is -0.332 e. The third kappa shape index (κ3) is 7.13. The Morgan fingerprint density at radius 2 is 1.86 bits per heavy atom. The molecule has 1 heterocycles. The van der Waals surface area contributed by atoms with Gasteiger partial charge in [-0.15, -0.1) is 23.1 Å². The third-order valence-electron chi connectivity index (χ3n) is 6.63. The largest absolute Gasteiger partial charge is 0.332 e. The van der Waals surface area contributed by atoms with Gasteiger partial charge in [0.1, 0.15) is 11.1 Å². The van der Waals surface area contributed by atoms with Crippen LogP contribution in [0.3, 0.4) is 0 Å². The van der Waals surface area contributed by atoms with Crippen LogP contribution < -0.4 is 16.0 Å². The molecule has 1 atom stereocenters. The second kappa shape index (κ2) is 11.7. The van der Waals surface area contributed by atoms with Gasteiger partial charge in [-0.25, -0.2) is 0 Å². The quantitative estimate of drug-likeness (QED) is 0.217. The highest BCUT2D eigenvalue weighted by Gasteiger charge is 2.32. The van der Waals surface area contributed by atoms with Gasteiger partial charge in [0.15, 0.2) is 5.11 Å². The van der Waals surface area contributed by atoms with E-state index < -0.39 is 0 Å². The molecule has 1 amide bonds. The molecule has 0 fully saturated rings. The molecule has 3 aromatic rings. The van der Waals surface area contributed by atoms with Crippen molar-refractivity contribution in [1.82, 2.24) is 0 Å². The standard InChI is InChI=1S/C29H32N4OS3/c1-18-8-11-20(12-9-18)31-28(35)32-21-6-5-7-22(15-21)36-17-26(34)33-27-24(16-30)23-13-10-19(29(2,3)4)14-25(23)37-27/h5-9,11-12,15,19H,10,13-14,17H2,1-4H3,(H,33,34)(H2,31,32,35). The molecule has 0 saturated carbocycles. The molecule has 4 rings (SSSR count). The van der Waals surface area contributed by atoms with Crippen LogP contribution in [0.5, 0.6) is 0 Å². The Balaban J connectivity index is 1.33. The number of hydrogen-bond donors (Lipinski definition) is 3. The van der Waals surface area contributed by atoms with Gasteiger partial charge < -0.3 is 16.0 Å². The Hall–Kier alpha value is -2.86. The number of aryl methyl sites for hydroxylation is 1. The lowest BCUT2D eigenvalue weighted by molar-refractivity contribution is -0.113. The number of carbonyl (C=O) groups is 1. The number of thiophene rings is 1. The van der Waals surface area contributed by atoms with Crippen molar-refractivity contribution in [2.75, 3.05) is 21.7 Å². The lowest BCUT2D eigenvalue weighted by Crippen LogP contribution is -2.26. The van der Waals surface area contributed by atoms with Crippen LogP contribution >= 0.6 is 35.3 Å². The lowest BCUT2D eigenvalue weighted by Gasteiger charge is -2.33. The summed E-state index contributed by atoms with van der Waals surface area (Å²) in [6.45, 7) is 8.88. The molecule has 0 bridgehead atoms. The number of anilines is 3. The predicted octanol–water partition coefficient (Wildman–Crippen LogP) is 7.62. The van der Waals surface area contributed by atoms with Crippen LogP contribution in [0, 0.1) is 29.6 Å². The van der Waals surface area contributed by atoms with Crippen molar-refractivity contribution in [3.63, 3.8) is 0 Å². The molecule has 0 spiro atoms. The number of amides is 1. The van der Waals surface area contributed by atoms with Crippen molar-refractivity contribution >= 4 is 62.7 Å². The van der Waals surface area contributed by atoms with Gasteiger partial charge in [-0.3, -0.25) is 4.79 Å². The third-order valence-corrected chi connectivity index (χ3v) is 8.99. The molecule has 1 aliphatic carbocycles. The van der Waals surface area contributed by atoms with Crippen molar-refractivity contribution in [1.29, 1.82) is 5.26 Å². The normalized spacial score (nSPS) is 14.8. The van der Waals surface area contributed by atoms with Crippen LogP contribution in [-0.2, 0) is 17.6 Å². The Labute approximate surface area is 233 Å². The second-order valence-corrected chi connectivity index (χ2v) is 13.0. The zero-order valence-electron chi connectivity index (χ0n) is 21.6. The fourth-order valence-electron chi connectivity index (χ4n) is 4.44. The minimum atomic E-state index is -0.109. The molecule has 192 valence electrons. The maximum Gasteiger partial charge on any atom is 0.235 e. The summed E-state index contributed by atoms with van der Waals surface area (Å²) in [5.74, 6) is 0.737. The molecule has 3 N–H and O–H groups in total. The van der Waals surface area contributed by atoms with Crippen molar-refractivity contribution in [3.8, 4) is 6.07 Å². The SMILES string of the molecule is Cc1ccc(NC(=S)Nc2cccc(SCC(=O)Nc3sc4c(c3C#N)CCC(C(C)(C)C)C4)c2)cc1. The summed E-state index contributed by atoms with van der Waals surface area (Å²) in [5.41, 5.74) is 4.97. The maximum absolute atomic E-state index is 12.8. The average Bonchev–Trinajstić information content (AvgIpc) is 3.20. The van der Waals surface area contributed by atoms with Gasteiger partial charge in [-0.1, -0.05) is 44.5 Å². The Morgan fingerprint density at radius 3 is 2.57 bits per heavy atom. The van der Waals surface area contributed by atoms with Crippen LogP contribution in [0.25, 0.3) is 0 Å². The number of nitriles is 1. The first-order chi connectivity index (χ1) is 17.6. The molecule has 1 aliphatic rings. The zero-order valence-corrected chi connectivity index (χ0v) is 24.1. The van der Waals surface area contributed by atoms with E-state index in [9.17, 15) is 10.1 Å². The number of carbonyl (C=O) groups excluding carboxylic acids is 1. The molecular formula is C29H32N4OS3. The number of rotatable bonds is 6. The summed E-state index contributed by atoms with van der Waals surface area (Å²) in [6, 6.07) is 18.2. The second-order valence-electron chi connectivity index (χ2n) is 10.4. The van der Waals surface area contributed by atoms with E-state index in [2.05, 4.69) is 42.8 Å². The number of fused-ring (bicyclic) bond motifs is 1. The fourth-order valence-corrected chi connectivity index (χ4v) is 6.72. The van der Waals surface area contributed by atoms with E-state index in [0.29, 0.717) is 21.6 Å². The first kappa shape index (κ1) is 27.2. The van der Waals surface area contributed by atoms with E-state index in [0.717, 1.165) is 41.1 Å². The van der Waals surface area contributed by atoms with Gasteiger partial charge in [-0.05, 0) is 85.6 Å². The molecule has 0 radical (unpaired) electrons. The van der Waals surface area contributed by atoms with Gasteiger partial charge in [0.2, 0.25) is 5.91 Å². The van der Waals surface area contributed by atoms with Crippen LogP contribution in [0.1, 0.15) is 48.8 Å². The Kier molecular flexibility index (Phi) is 8.58. The van der Waals surface area contributed by atoms with Crippen molar-refractivity contribution in [2.45, 2.75) is 51.9 Å². The van der Waals surface area contributed by atoms with Crippen molar-refractivity contribution in [2.24, 2.45) is 11.3 Å². The first-order valence-electron chi connectivity index (χ1n) is 12.3. The average molecular weight is 549 g/mol. The highest BCUT2D eigenvalue weighted by Crippen LogP contribution is 2.44. The number of nitrogens with one attached hydrogen (secondary N) is 3. The molecule has 5 nitrogen and oxygen atoms in total. The zero-order chi connectivity index (χ0) is 26.6. The van der Waals surface area contributed by atoms with Gasteiger partial charge >= 0.3 is 0 Å². The molecule has 8 heteroatoms. The number of benzene rings is 2. The maximum atomic E-state index is 12.8. The summed E-state index contributed by atoms with van der Waals surface area (Å²) in [5, 5.41) is 20.4. The number of thiocarbonyl (C=S) groups is 1. The topological polar surface area (TPSA) is 76.9 Å². The number of nitrogens with zero attached hydrogens (tertiary/aromatic N) is 1. The molecule has 2 aromatic carbocycles. The van der Waals surface area contributed by atoms with E-state index in [-0.39, 0.29) is 17.1 Å². The van der Waals surface area contributed by atoms with Crippen molar-refractivity contribution < 1.29 is 4.79 Å². The van der Waals surface area contributed by atoms with Gasteiger partial charge in [0, 0.05) is 21.1 Å². The monoisotopic (exact) mass is 548 g/mol. The molecule has 1 unspecified atom stereocenters. The number of thioether (sulfide) groups is 1. The molecular weight excluding hydrogens is 517 g/mol. The minimum absolute atomic E-state index is 0.109. The van der Waals surface area contributed by atoms with Gasteiger partial charge in [0.25, 0.3) is 0 Å². The summed E-state index contributed by atoms with van der Waals surface area (Å²) in [6.07, 6.45) is 2.96. The smallest absolute Gasteiger partial charge is 0.235 e. The highest BCUT2D eigenvalue weighted by molar-refractivity contribution is 8.00. The van der Waals surface area contributed by atoms with E-state index >= 15 is 0 Å². The van der Waals surface area contributed by atoms with Gasteiger partial charge in [-0.2, -0.15) is 5.26 Å². The Bertz CT molecular complexity index is 1330. The fraction of sp³-hybridized carbons (Fsp3) is 0.345. The van der Waals surface area contributed by atoms with Crippen molar-refractivity contribution in [3.05, 3.63) is 70.1 Å². The molecule has 0 aliphatic heterocycles. The summed E-state index contributed by atoms with van der Waals surface area (Å²) < 4.78 is 0. The molecule has 0 saturated heterocycles. The van der Waals surface area contributed by atoms with Crippen LogP contribution in [-0.4, -0.2) is 16.8 Å². The van der Waals surface area contributed by atoms with E-state index in [1.165, 1.54) is 22.2 Å². The highest BCUT2D eigenvalue weighted by atomic mass is 32.2. The van der Waals surface area contributed by atoms with Gasteiger partial charge in [0.05, 0.1) is 11.3 Å². The summed E-state index contributed by atoms with van der Waals surface area (Å²) in [7, 11) is 0. The van der Waals surface area contributed by atoms with E-state index in [4.69, 9.17) is 12.2 Å². The van der Waals surface area contributed by atoms with E-state index in [1.54, 1.807) is 11.3 Å². The molecule has 1 aromatic heterocycles. The van der Waals surface area contributed by atoms with E-state index in [1.807, 2.05) is 55.5 Å². The Morgan fingerprint density at radius 1 is 1.14 bits per heavy atom. The van der Waals surface area contributed by atoms with Crippen LogP contribution in [0.15, 0.2) is 53.4 Å². The summed E-state index contributed by atoms with van der Waals surface area (Å²) in [4.78, 5) is 15.0. The predicted molar refractivity (Wildman–Crippen MR) is 161 cm³/mol. The molecule has 37 heavy (non-hydrogen) atoms. The number of hydrogen-bond acceptors (Lipinski definition) is 5. The summed E-state index contributed by atoms with van der Waals surface area (Å²) >= 11 is 8.47. The van der Waals surface area contributed by atoms with Crippen LogP contribution in [0.2, 0.25) is 0 Å².